The highest BCUT2D eigenvalue weighted by atomic mass is 35.5. The van der Waals surface area contributed by atoms with Crippen LogP contribution in [0.5, 0.6) is 5.75 Å². The SMILES string of the molecule is CCCCOCCNC(=O)c1ccc(O)c(Cl)c1. The van der Waals surface area contributed by atoms with Gasteiger partial charge in [-0.3, -0.25) is 4.79 Å². The van der Waals surface area contributed by atoms with Crippen LogP contribution in [0.15, 0.2) is 18.2 Å². The molecule has 0 spiro atoms. The molecule has 5 heteroatoms. The number of carbonyl (C=O) groups is 1. The van der Waals surface area contributed by atoms with Crippen LogP contribution in [0.2, 0.25) is 5.02 Å². The summed E-state index contributed by atoms with van der Waals surface area (Å²) in [7, 11) is 0. The fourth-order valence-corrected chi connectivity index (χ4v) is 1.52. The quantitative estimate of drug-likeness (QED) is 0.750. The number of unbranched alkanes of at least 4 members (excludes halogenated alkanes) is 1. The molecule has 1 amide bonds. The minimum Gasteiger partial charge on any atom is -0.506 e. The summed E-state index contributed by atoms with van der Waals surface area (Å²) in [5.41, 5.74) is 0.423. The van der Waals surface area contributed by atoms with Crippen molar-refractivity contribution >= 4 is 17.5 Å². The number of aromatic hydroxyl groups is 1. The molecule has 1 aromatic rings. The molecule has 0 radical (unpaired) electrons. The highest BCUT2D eigenvalue weighted by molar-refractivity contribution is 6.32. The number of phenols is 1. The molecule has 0 fully saturated rings. The molecule has 0 saturated carbocycles. The molecule has 0 bridgehead atoms. The second kappa shape index (κ2) is 7.95. The first-order valence-corrected chi connectivity index (χ1v) is 6.37. The number of amides is 1. The lowest BCUT2D eigenvalue weighted by molar-refractivity contribution is 0.0913. The lowest BCUT2D eigenvalue weighted by atomic mass is 10.2. The molecule has 0 atom stereocenters. The van der Waals surface area contributed by atoms with Gasteiger partial charge >= 0.3 is 0 Å². The topological polar surface area (TPSA) is 58.6 Å². The first kappa shape index (κ1) is 14.8. The second-order valence-electron chi connectivity index (χ2n) is 3.89. The zero-order valence-electron chi connectivity index (χ0n) is 10.4. The summed E-state index contributed by atoms with van der Waals surface area (Å²) in [5.74, 6) is -0.257. The van der Waals surface area contributed by atoms with Gasteiger partial charge in [0.15, 0.2) is 0 Å². The average molecular weight is 272 g/mol. The number of benzene rings is 1. The first-order valence-electron chi connectivity index (χ1n) is 5.99. The van der Waals surface area contributed by atoms with E-state index in [0.29, 0.717) is 18.7 Å². The van der Waals surface area contributed by atoms with E-state index in [9.17, 15) is 9.90 Å². The molecule has 0 saturated heterocycles. The molecule has 1 aromatic carbocycles. The highest BCUT2D eigenvalue weighted by Crippen LogP contribution is 2.23. The summed E-state index contributed by atoms with van der Waals surface area (Å²) in [5, 5.41) is 12.1. The Kier molecular flexibility index (Phi) is 6.54. The van der Waals surface area contributed by atoms with E-state index in [4.69, 9.17) is 16.3 Å². The number of nitrogens with one attached hydrogen (secondary N) is 1. The molecule has 0 heterocycles. The van der Waals surface area contributed by atoms with Crippen LogP contribution in [0, 0.1) is 0 Å². The number of hydrogen-bond acceptors (Lipinski definition) is 3. The Labute approximate surface area is 112 Å². The van der Waals surface area contributed by atoms with Crippen LogP contribution in [0.3, 0.4) is 0 Å². The molecule has 4 nitrogen and oxygen atoms in total. The minimum atomic E-state index is -0.226. The summed E-state index contributed by atoms with van der Waals surface area (Å²) >= 11 is 5.72. The molecule has 100 valence electrons. The van der Waals surface area contributed by atoms with Gasteiger partial charge in [0, 0.05) is 18.7 Å². The summed E-state index contributed by atoms with van der Waals surface area (Å²) in [6, 6.07) is 4.35. The van der Waals surface area contributed by atoms with Crippen LogP contribution in [0.4, 0.5) is 0 Å². The van der Waals surface area contributed by atoms with Gasteiger partial charge in [0.25, 0.3) is 5.91 Å². The molecule has 0 unspecified atom stereocenters. The monoisotopic (exact) mass is 271 g/mol. The zero-order valence-corrected chi connectivity index (χ0v) is 11.2. The molecule has 2 N–H and O–H groups in total. The smallest absolute Gasteiger partial charge is 0.251 e. The number of rotatable bonds is 7. The van der Waals surface area contributed by atoms with E-state index in [1.54, 1.807) is 0 Å². The molecular formula is C13H18ClNO3. The van der Waals surface area contributed by atoms with Gasteiger partial charge in [-0.25, -0.2) is 0 Å². The first-order chi connectivity index (χ1) is 8.65. The van der Waals surface area contributed by atoms with E-state index in [2.05, 4.69) is 12.2 Å². The van der Waals surface area contributed by atoms with Gasteiger partial charge < -0.3 is 15.2 Å². The Morgan fingerprint density at radius 1 is 1.44 bits per heavy atom. The van der Waals surface area contributed by atoms with Gasteiger partial charge in [-0.2, -0.15) is 0 Å². The molecule has 0 aliphatic heterocycles. The maximum absolute atomic E-state index is 11.7. The third-order valence-corrected chi connectivity index (χ3v) is 2.69. The van der Waals surface area contributed by atoms with Gasteiger partial charge in [0.2, 0.25) is 0 Å². The predicted molar refractivity (Wildman–Crippen MR) is 71.2 cm³/mol. The van der Waals surface area contributed by atoms with Gasteiger partial charge in [-0.15, -0.1) is 0 Å². The van der Waals surface area contributed by atoms with E-state index in [0.717, 1.165) is 19.4 Å². The van der Waals surface area contributed by atoms with Crippen LogP contribution in [0.25, 0.3) is 0 Å². The van der Waals surface area contributed by atoms with Gasteiger partial charge in [-0.05, 0) is 24.6 Å². The molecule has 0 aromatic heterocycles. The van der Waals surface area contributed by atoms with Crippen LogP contribution >= 0.6 is 11.6 Å². The lowest BCUT2D eigenvalue weighted by Gasteiger charge is -2.06. The predicted octanol–water partition coefficient (Wildman–Crippen LogP) is 2.59. The highest BCUT2D eigenvalue weighted by Gasteiger charge is 2.07. The van der Waals surface area contributed by atoms with Crippen LogP contribution < -0.4 is 5.32 Å². The van der Waals surface area contributed by atoms with E-state index in [1.165, 1.54) is 18.2 Å². The molecule has 18 heavy (non-hydrogen) atoms. The van der Waals surface area contributed by atoms with E-state index >= 15 is 0 Å². The number of hydrogen-bond donors (Lipinski definition) is 2. The Morgan fingerprint density at radius 2 is 2.22 bits per heavy atom. The van der Waals surface area contributed by atoms with Crippen molar-refractivity contribution < 1.29 is 14.6 Å². The van der Waals surface area contributed by atoms with Gasteiger partial charge in [0.1, 0.15) is 5.75 Å². The van der Waals surface area contributed by atoms with E-state index in [1.807, 2.05) is 0 Å². The lowest BCUT2D eigenvalue weighted by Crippen LogP contribution is -2.27. The van der Waals surface area contributed by atoms with Crippen molar-refractivity contribution in [1.82, 2.24) is 5.32 Å². The third-order valence-electron chi connectivity index (χ3n) is 2.38. The van der Waals surface area contributed by atoms with Crippen LogP contribution in [0.1, 0.15) is 30.1 Å². The third kappa shape index (κ3) is 4.94. The van der Waals surface area contributed by atoms with Gasteiger partial charge in [0.05, 0.1) is 11.6 Å². The summed E-state index contributed by atoms with van der Waals surface area (Å²) in [6.45, 7) is 3.77. The molecule has 0 aliphatic carbocycles. The number of halogens is 1. The number of phenolic OH excluding ortho intramolecular Hbond substituents is 1. The summed E-state index contributed by atoms with van der Waals surface area (Å²) in [6.07, 6.45) is 2.12. The summed E-state index contributed by atoms with van der Waals surface area (Å²) in [4.78, 5) is 11.7. The van der Waals surface area contributed by atoms with Crippen molar-refractivity contribution in [2.24, 2.45) is 0 Å². The maximum Gasteiger partial charge on any atom is 0.251 e. The fraction of sp³-hybridized carbons (Fsp3) is 0.462. The average Bonchev–Trinajstić information content (AvgIpc) is 2.36. The number of ether oxygens (including phenoxy) is 1. The second-order valence-corrected chi connectivity index (χ2v) is 4.30. The number of carbonyl (C=O) groups excluding carboxylic acids is 1. The van der Waals surface area contributed by atoms with Crippen molar-refractivity contribution in [3.8, 4) is 5.75 Å². The van der Waals surface area contributed by atoms with Crippen LogP contribution in [-0.2, 0) is 4.74 Å². The normalized spacial score (nSPS) is 10.3. The van der Waals surface area contributed by atoms with Gasteiger partial charge in [-0.1, -0.05) is 24.9 Å². The zero-order chi connectivity index (χ0) is 13.4. The Morgan fingerprint density at radius 3 is 2.89 bits per heavy atom. The molecule has 0 aliphatic rings. The molecular weight excluding hydrogens is 254 g/mol. The van der Waals surface area contributed by atoms with Crippen molar-refractivity contribution in [3.63, 3.8) is 0 Å². The molecule has 1 rings (SSSR count). The van der Waals surface area contributed by atoms with Crippen LogP contribution in [-0.4, -0.2) is 30.8 Å². The largest absolute Gasteiger partial charge is 0.506 e. The fourth-order valence-electron chi connectivity index (χ4n) is 1.34. The van der Waals surface area contributed by atoms with Crippen molar-refractivity contribution in [3.05, 3.63) is 28.8 Å². The Bertz CT molecular complexity index is 396. The maximum atomic E-state index is 11.7. The van der Waals surface area contributed by atoms with E-state index in [-0.39, 0.29) is 16.7 Å². The Balaban J connectivity index is 2.30. The Hall–Kier alpha value is -1.26. The summed E-state index contributed by atoms with van der Waals surface area (Å²) < 4.78 is 5.32. The van der Waals surface area contributed by atoms with Crippen molar-refractivity contribution in [2.75, 3.05) is 19.8 Å². The standard InChI is InChI=1S/C13H18ClNO3/c1-2-3-7-18-8-6-15-13(17)10-4-5-12(16)11(14)9-10/h4-5,9,16H,2-3,6-8H2,1H3,(H,15,17). The van der Waals surface area contributed by atoms with E-state index < -0.39 is 0 Å². The van der Waals surface area contributed by atoms with Crippen molar-refractivity contribution in [1.29, 1.82) is 0 Å². The van der Waals surface area contributed by atoms with Crippen molar-refractivity contribution in [2.45, 2.75) is 19.8 Å². The minimum absolute atomic E-state index is 0.0314.